The maximum atomic E-state index is 12.4. The third-order valence-corrected chi connectivity index (χ3v) is 5.20. The molecule has 1 aliphatic heterocycles. The Labute approximate surface area is 133 Å². The molecule has 0 radical (unpaired) electrons. The van der Waals surface area contributed by atoms with Crippen LogP contribution in [0, 0.1) is 11.8 Å². The third kappa shape index (κ3) is 2.28. The summed E-state index contributed by atoms with van der Waals surface area (Å²) in [6.45, 7) is 2.89. The zero-order valence-electron chi connectivity index (χ0n) is 13.0. The third-order valence-electron chi connectivity index (χ3n) is 5.20. The highest BCUT2D eigenvalue weighted by Gasteiger charge is 2.53. The van der Waals surface area contributed by atoms with E-state index in [9.17, 15) is 9.59 Å². The van der Waals surface area contributed by atoms with E-state index in [-0.39, 0.29) is 18.5 Å². The largest absolute Gasteiger partial charge is 0.420 e. The lowest BCUT2D eigenvalue weighted by Gasteiger charge is -2.47. The Balaban J connectivity index is 1.50. The summed E-state index contributed by atoms with van der Waals surface area (Å²) in [5.74, 6) is 0.155. The molecule has 4 unspecified atom stereocenters. The Bertz CT molecular complexity index is 793. The van der Waals surface area contributed by atoms with Crippen molar-refractivity contribution in [2.75, 3.05) is 6.61 Å². The molecule has 2 fully saturated rings. The van der Waals surface area contributed by atoms with Crippen molar-refractivity contribution in [3.05, 3.63) is 34.8 Å². The molecule has 1 amide bonds. The van der Waals surface area contributed by atoms with E-state index in [0.717, 1.165) is 19.4 Å². The SMILES string of the molecule is CCC1C(NC(=O)Cn2c(=O)oc3ccccc32)C2CCOC12. The molecule has 1 aromatic heterocycles. The van der Waals surface area contributed by atoms with Crippen molar-refractivity contribution >= 4 is 17.0 Å². The fourth-order valence-electron chi connectivity index (χ4n) is 4.07. The molecule has 1 N–H and O–H groups in total. The van der Waals surface area contributed by atoms with E-state index in [2.05, 4.69) is 12.2 Å². The van der Waals surface area contributed by atoms with Crippen molar-refractivity contribution in [1.82, 2.24) is 9.88 Å². The lowest BCUT2D eigenvalue weighted by molar-refractivity contribution is -0.128. The Kier molecular flexibility index (Phi) is 3.49. The molecule has 2 heterocycles. The highest BCUT2D eigenvalue weighted by molar-refractivity contribution is 5.79. The molecule has 2 aliphatic rings. The molecule has 122 valence electrons. The van der Waals surface area contributed by atoms with E-state index in [1.54, 1.807) is 18.2 Å². The fourth-order valence-corrected chi connectivity index (χ4v) is 4.07. The zero-order chi connectivity index (χ0) is 16.0. The van der Waals surface area contributed by atoms with Gasteiger partial charge in [0.2, 0.25) is 5.91 Å². The second-order valence-electron chi connectivity index (χ2n) is 6.38. The molecule has 6 nitrogen and oxygen atoms in total. The van der Waals surface area contributed by atoms with Gasteiger partial charge in [-0.25, -0.2) is 4.79 Å². The van der Waals surface area contributed by atoms with Crippen LogP contribution in [0.5, 0.6) is 0 Å². The van der Waals surface area contributed by atoms with Crippen LogP contribution in [0.3, 0.4) is 0 Å². The van der Waals surface area contributed by atoms with Crippen LogP contribution in [-0.4, -0.2) is 29.2 Å². The number of carbonyl (C=O) groups excluding carboxylic acids is 1. The summed E-state index contributed by atoms with van der Waals surface area (Å²) in [5.41, 5.74) is 1.15. The van der Waals surface area contributed by atoms with Gasteiger partial charge in [0.25, 0.3) is 0 Å². The summed E-state index contributed by atoms with van der Waals surface area (Å²) < 4.78 is 12.3. The molecule has 1 saturated carbocycles. The van der Waals surface area contributed by atoms with Gasteiger partial charge in [-0.05, 0) is 25.0 Å². The van der Waals surface area contributed by atoms with E-state index >= 15 is 0 Å². The molecule has 23 heavy (non-hydrogen) atoms. The van der Waals surface area contributed by atoms with Gasteiger partial charge in [-0.1, -0.05) is 19.1 Å². The van der Waals surface area contributed by atoms with Crippen molar-refractivity contribution in [2.24, 2.45) is 11.8 Å². The molecule has 2 aromatic rings. The monoisotopic (exact) mass is 316 g/mol. The van der Waals surface area contributed by atoms with Crippen LogP contribution >= 0.6 is 0 Å². The number of nitrogens with one attached hydrogen (secondary N) is 1. The Hall–Kier alpha value is -2.08. The highest BCUT2D eigenvalue weighted by Crippen LogP contribution is 2.45. The second-order valence-corrected chi connectivity index (χ2v) is 6.38. The van der Waals surface area contributed by atoms with Gasteiger partial charge in [-0.2, -0.15) is 0 Å². The number of oxazole rings is 1. The summed E-state index contributed by atoms with van der Waals surface area (Å²) in [4.78, 5) is 24.3. The predicted molar refractivity (Wildman–Crippen MR) is 84.0 cm³/mol. The minimum absolute atomic E-state index is 0.0129. The minimum atomic E-state index is -0.496. The highest BCUT2D eigenvalue weighted by atomic mass is 16.5. The summed E-state index contributed by atoms with van der Waals surface area (Å²) in [6.07, 6.45) is 2.28. The van der Waals surface area contributed by atoms with E-state index in [1.807, 2.05) is 6.07 Å². The van der Waals surface area contributed by atoms with Gasteiger partial charge in [0.1, 0.15) is 6.54 Å². The van der Waals surface area contributed by atoms with Gasteiger partial charge in [-0.15, -0.1) is 0 Å². The molecule has 4 atom stereocenters. The van der Waals surface area contributed by atoms with Crippen LogP contribution in [0.15, 0.2) is 33.5 Å². The summed E-state index contributed by atoms with van der Waals surface area (Å²) in [6, 6.07) is 7.30. The number of hydrogen-bond donors (Lipinski definition) is 1. The standard InChI is InChI=1S/C17H20N2O4/c1-2-10-15(11-7-8-22-16(10)11)18-14(20)9-19-12-5-3-4-6-13(12)23-17(19)21/h3-6,10-11,15-16H,2,7-9H2,1H3,(H,18,20). The Morgan fingerprint density at radius 3 is 3.04 bits per heavy atom. The predicted octanol–water partition coefficient (Wildman–Crippen LogP) is 1.52. The number of ether oxygens (including phenoxy) is 1. The van der Waals surface area contributed by atoms with Crippen molar-refractivity contribution in [3.63, 3.8) is 0 Å². The number of rotatable bonds is 4. The zero-order valence-corrected chi connectivity index (χ0v) is 13.0. The quantitative estimate of drug-likeness (QED) is 0.928. The number of carbonyl (C=O) groups is 1. The molecule has 4 rings (SSSR count). The van der Waals surface area contributed by atoms with Crippen molar-refractivity contribution in [2.45, 2.75) is 38.5 Å². The number of amides is 1. The number of aromatic nitrogens is 1. The topological polar surface area (TPSA) is 73.5 Å². The van der Waals surface area contributed by atoms with E-state index in [1.165, 1.54) is 4.57 Å². The molecule has 1 aliphatic carbocycles. The normalized spacial score (nSPS) is 29.3. The average Bonchev–Trinajstić information content (AvgIpc) is 3.08. The summed E-state index contributed by atoms with van der Waals surface area (Å²) in [7, 11) is 0. The van der Waals surface area contributed by atoms with Gasteiger partial charge >= 0.3 is 5.76 Å². The van der Waals surface area contributed by atoms with Gasteiger partial charge in [0.15, 0.2) is 5.58 Å². The maximum absolute atomic E-state index is 12.4. The average molecular weight is 316 g/mol. The van der Waals surface area contributed by atoms with Crippen molar-refractivity contribution in [1.29, 1.82) is 0 Å². The van der Waals surface area contributed by atoms with Crippen LogP contribution < -0.4 is 11.1 Å². The van der Waals surface area contributed by atoms with Crippen LogP contribution in [-0.2, 0) is 16.1 Å². The molecule has 0 spiro atoms. The summed E-state index contributed by atoms with van der Waals surface area (Å²) in [5, 5.41) is 3.10. The Morgan fingerprint density at radius 2 is 2.22 bits per heavy atom. The van der Waals surface area contributed by atoms with Gasteiger partial charge < -0.3 is 14.5 Å². The molecule has 1 aromatic carbocycles. The molecular formula is C17H20N2O4. The molecular weight excluding hydrogens is 296 g/mol. The first kappa shape index (κ1) is 14.5. The van der Waals surface area contributed by atoms with Gasteiger partial charge in [0, 0.05) is 24.5 Å². The molecule has 1 saturated heterocycles. The van der Waals surface area contributed by atoms with E-state index in [4.69, 9.17) is 9.15 Å². The van der Waals surface area contributed by atoms with Crippen LogP contribution in [0.4, 0.5) is 0 Å². The fraction of sp³-hybridized carbons (Fsp3) is 0.529. The lowest BCUT2D eigenvalue weighted by atomic mass is 9.65. The number of benzene rings is 1. The number of para-hydroxylation sites is 2. The van der Waals surface area contributed by atoms with Gasteiger partial charge in [-0.3, -0.25) is 9.36 Å². The van der Waals surface area contributed by atoms with Crippen LogP contribution in [0.25, 0.3) is 11.1 Å². The first-order valence-electron chi connectivity index (χ1n) is 8.18. The number of fused-ring (bicyclic) bond motifs is 2. The smallest absolute Gasteiger partial charge is 0.408 e. The van der Waals surface area contributed by atoms with E-state index < -0.39 is 5.76 Å². The molecule has 6 heteroatoms. The minimum Gasteiger partial charge on any atom is -0.408 e. The number of nitrogens with zero attached hydrogens (tertiary/aromatic N) is 1. The molecule has 0 bridgehead atoms. The number of hydrogen-bond acceptors (Lipinski definition) is 4. The van der Waals surface area contributed by atoms with Crippen LogP contribution in [0.1, 0.15) is 19.8 Å². The van der Waals surface area contributed by atoms with E-state index in [0.29, 0.717) is 29.0 Å². The first-order valence-corrected chi connectivity index (χ1v) is 8.18. The maximum Gasteiger partial charge on any atom is 0.420 e. The Morgan fingerprint density at radius 1 is 1.39 bits per heavy atom. The second kappa shape index (κ2) is 5.53. The van der Waals surface area contributed by atoms with Gasteiger partial charge in [0.05, 0.1) is 11.6 Å². The summed E-state index contributed by atoms with van der Waals surface area (Å²) >= 11 is 0. The van der Waals surface area contributed by atoms with Crippen LogP contribution in [0.2, 0.25) is 0 Å². The van der Waals surface area contributed by atoms with Crippen molar-refractivity contribution < 1.29 is 13.9 Å². The first-order chi connectivity index (χ1) is 11.2. The lowest BCUT2D eigenvalue weighted by Crippen LogP contribution is -2.61. The van der Waals surface area contributed by atoms with Crippen molar-refractivity contribution in [3.8, 4) is 0 Å².